The van der Waals surface area contributed by atoms with Crippen molar-refractivity contribution in [3.8, 4) is 11.5 Å². The zero-order valence-electron chi connectivity index (χ0n) is 22.8. The van der Waals surface area contributed by atoms with E-state index in [9.17, 15) is 9.59 Å². The van der Waals surface area contributed by atoms with Crippen LogP contribution in [0.1, 0.15) is 31.4 Å². The molecule has 1 amide bonds. The van der Waals surface area contributed by atoms with Gasteiger partial charge in [-0.25, -0.2) is 9.79 Å². The first-order valence-corrected chi connectivity index (χ1v) is 14.4. The van der Waals surface area contributed by atoms with E-state index in [0.717, 1.165) is 55.0 Å². The molecule has 0 unspecified atom stereocenters. The fourth-order valence-electron chi connectivity index (χ4n) is 5.01. The molecule has 0 bridgehead atoms. The van der Waals surface area contributed by atoms with Gasteiger partial charge in [0, 0.05) is 31.9 Å². The molecule has 40 heavy (non-hydrogen) atoms. The number of amidine groups is 1. The Hall–Kier alpha value is -3.60. The standard InChI is InChI=1S/C30H34N4O5S/c1-3-25-27(29(36)37-2)28(21-8-7-11-24(18-21)39-23-9-5-4-6-10-23)34-22(20-40-30(34)32-25)19-26(35)31-12-13-33-14-16-38-17-15-33/h4-11,18,20,28H,3,12-17,19H2,1-2H3,(H,31,35)/t28-/m0/s1. The lowest BCUT2D eigenvalue weighted by Crippen LogP contribution is -2.42. The number of hydrogen-bond acceptors (Lipinski definition) is 9. The van der Waals surface area contributed by atoms with Crippen LogP contribution in [0.5, 0.6) is 11.5 Å². The third kappa shape index (κ3) is 6.41. The summed E-state index contributed by atoms with van der Waals surface area (Å²) in [5.41, 5.74) is 2.76. The molecule has 1 N–H and O–H groups in total. The van der Waals surface area contributed by atoms with Crippen LogP contribution in [0.3, 0.4) is 0 Å². The highest BCUT2D eigenvalue weighted by Crippen LogP contribution is 2.46. The van der Waals surface area contributed by atoms with Gasteiger partial charge < -0.3 is 24.4 Å². The number of morpholine rings is 1. The van der Waals surface area contributed by atoms with Gasteiger partial charge in [-0.2, -0.15) is 0 Å². The molecule has 210 valence electrons. The number of hydrogen-bond donors (Lipinski definition) is 1. The van der Waals surface area contributed by atoms with Gasteiger partial charge in [-0.15, -0.1) is 0 Å². The maximum absolute atomic E-state index is 13.2. The van der Waals surface area contributed by atoms with E-state index in [0.29, 0.717) is 30.0 Å². The predicted molar refractivity (Wildman–Crippen MR) is 155 cm³/mol. The van der Waals surface area contributed by atoms with E-state index in [1.807, 2.05) is 71.8 Å². The van der Waals surface area contributed by atoms with Crippen LogP contribution in [-0.4, -0.2) is 73.3 Å². The summed E-state index contributed by atoms with van der Waals surface area (Å²) in [6.07, 6.45) is 0.734. The monoisotopic (exact) mass is 562 g/mol. The Balaban J connectivity index is 1.39. The van der Waals surface area contributed by atoms with Crippen molar-refractivity contribution in [1.82, 2.24) is 15.1 Å². The summed E-state index contributed by atoms with van der Waals surface area (Å²) in [4.78, 5) is 35.3. The number of rotatable bonds is 10. The van der Waals surface area contributed by atoms with Crippen LogP contribution in [-0.2, 0) is 19.1 Å². The molecule has 1 atom stereocenters. The fourth-order valence-corrected chi connectivity index (χ4v) is 5.94. The Morgan fingerprint density at radius 2 is 1.88 bits per heavy atom. The molecule has 0 radical (unpaired) electrons. The largest absolute Gasteiger partial charge is 0.466 e. The maximum Gasteiger partial charge on any atom is 0.338 e. The van der Waals surface area contributed by atoms with Crippen molar-refractivity contribution in [3.05, 3.63) is 82.5 Å². The van der Waals surface area contributed by atoms with E-state index in [-0.39, 0.29) is 12.3 Å². The van der Waals surface area contributed by atoms with Gasteiger partial charge in [0.1, 0.15) is 11.5 Å². The molecule has 1 fully saturated rings. The molecule has 3 aliphatic rings. The number of benzene rings is 2. The number of esters is 1. The fraction of sp³-hybridized carbons (Fsp3) is 0.367. The Morgan fingerprint density at radius 1 is 1.10 bits per heavy atom. The minimum Gasteiger partial charge on any atom is -0.466 e. The molecule has 0 aromatic heterocycles. The van der Waals surface area contributed by atoms with E-state index < -0.39 is 12.0 Å². The van der Waals surface area contributed by atoms with Crippen molar-refractivity contribution in [3.63, 3.8) is 0 Å². The van der Waals surface area contributed by atoms with Gasteiger partial charge in [0.25, 0.3) is 0 Å². The van der Waals surface area contributed by atoms with Gasteiger partial charge in [0.05, 0.1) is 44.1 Å². The molecule has 5 rings (SSSR count). The number of carbonyl (C=O) groups is 2. The Morgan fingerprint density at radius 3 is 2.62 bits per heavy atom. The summed E-state index contributed by atoms with van der Waals surface area (Å²) in [7, 11) is 1.38. The molecule has 1 saturated heterocycles. The number of methoxy groups -OCH3 is 1. The molecule has 3 heterocycles. The number of nitrogens with one attached hydrogen (secondary N) is 1. The zero-order valence-corrected chi connectivity index (χ0v) is 23.6. The molecule has 0 spiro atoms. The minimum absolute atomic E-state index is 0.0776. The van der Waals surface area contributed by atoms with Crippen molar-refractivity contribution in [2.45, 2.75) is 25.8 Å². The number of thioether (sulfide) groups is 1. The molecule has 3 aliphatic heterocycles. The van der Waals surface area contributed by atoms with E-state index in [1.165, 1.54) is 18.9 Å². The quantitative estimate of drug-likeness (QED) is 0.425. The highest BCUT2D eigenvalue weighted by atomic mass is 32.2. The van der Waals surface area contributed by atoms with E-state index in [2.05, 4.69) is 10.2 Å². The van der Waals surface area contributed by atoms with Crippen LogP contribution in [0.2, 0.25) is 0 Å². The van der Waals surface area contributed by atoms with Crippen molar-refractivity contribution < 1.29 is 23.8 Å². The van der Waals surface area contributed by atoms with Gasteiger partial charge in [-0.05, 0) is 41.7 Å². The van der Waals surface area contributed by atoms with Crippen LogP contribution in [0, 0.1) is 0 Å². The first-order chi connectivity index (χ1) is 19.6. The Kier molecular flexibility index (Phi) is 9.20. The lowest BCUT2D eigenvalue weighted by atomic mass is 9.92. The second-order valence-corrected chi connectivity index (χ2v) is 10.4. The van der Waals surface area contributed by atoms with Crippen molar-refractivity contribution in [2.24, 2.45) is 4.99 Å². The minimum atomic E-state index is -0.517. The second-order valence-electron chi connectivity index (χ2n) is 9.57. The van der Waals surface area contributed by atoms with Gasteiger partial charge in [0.2, 0.25) is 5.91 Å². The Bertz CT molecular complexity index is 1320. The Labute approximate surface area is 238 Å². The van der Waals surface area contributed by atoms with Crippen molar-refractivity contribution in [2.75, 3.05) is 46.5 Å². The lowest BCUT2D eigenvalue weighted by molar-refractivity contribution is -0.136. The maximum atomic E-state index is 13.2. The lowest BCUT2D eigenvalue weighted by Gasteiger charge is -2.36. The van der Waals surface area contributed by atoms with Gasteiger partial charge in [0.15, 0.2) is 5.17 Å². The normalized spacial score (nSPS) is 19.1. The second kappa shape index (κ2) is 13.2. The smallest absolute Gasteiger partial charge is 0.338 e. The highest BCUT2D eigenvalue weighted by Gasteiger charge is 2.41. The number of aliphatic imine (C=N–C) groups is 1. The third-order valence-corrected chi connectivity index (χ3v) is 7.87. The van der Waals surface area contributed by atoms with Gasteiger partial charge >= 0.3 is 5.97 Å². The first-order valence-electron chi connectivity index (χ1n) is 13.5. The van der Waals surface area contributed by atoms with Crippen molar-refractivity contribution >= 4 is 28.8 Å². The van der Waals surface area contributed by atoms with Gasteiger partial charge in [-0.1, -0.05) is 49.0 Å². The summed E-state index contributed by atoms with van der Waals surface area (Å²) >= 11 is 1.46. The third-order valence-electron chi connectivity index (χ3n) is 6.98. The average molecular weight is 563 g/mol. The topological polar surface area (TPSA) is 92.7 Å². The molecule has 0 aliphatic carbocycles. The summed E-state index contributed by atoms with van der Waals surface area (Å²) < 4.78 is 16.7. The zero-order chi connectivity index (χ0) is 27.9. The molecule has 0 saturated carbocycles. The molecule has 10 heteroatoms. The van der Waals surface area contributed by atoms with E-state index in [4.69, 9.17) is 19.2 Å². The van der Waals surface area contributed by atoms with E-state index >= 15 is 0 Å². The highest BCUT2D eigenvalue weighted by molar-refractivity contribution is 8.16. The number of carbonyl (C=O) groups excluding carboxylic acids is 2. The summed E-state index contributed by atoms with van der Waals surface area (Å²) in [6, 6.07) is 16.7. The predicted octanol–water partition coefficient (Wildman–Crippen LogP) is 4.46. The SMILES string of the molecule is CCC1=C(C(=O)OC)[C@H](c2cccc(Oc3ccccc3)c2)N2C(CC(=O)NCCN3CCOCC3)=CSC2=N1. The van der Waals surface area contributed by atoms with Crippen LogP contribution in [0.15, 0.2) is 82.0 Å². The van der Waals surface area contributed by atoms with Gasteiger partial charge in [-0.3, -0.25) is 9.69 Å². The number of amides is 1. The molecular weight excluding hydrogens is 528 g/mol. The van der Waals surface area contributed by atoms with Crippen molar-refractivity contribution in [1.29, 1.82) is 0 Å². The summed E-state index contributed by atoms with van der Waals surface area (Å²) in [5.74, 6) is 0.847. The van der Waals surface area contributed by atoms with Crippen LogP contribution < -0.4 is 10.1 Å². The number of allylic oxidation sites excluding steroid dienone is 1. The van der Waals surface area contributed by atoms with Crippen LogP contribution in [0.4, 0.5) is 0 Å². The number of para-hydroxylation sites is 1. The summed E-state index contributed by atoms with van der Waals surface area (Å²) in [5, 5.41) is 5.73. The number of nitrogens with zero attached hydrogens (tertiary/aromatic N) is 3. The van der Waals surface area contributed by atoms with Crippen LogP contribution >= 0.6 is 11.8 Å². The molecule has 2 aromatic carbocycles. The van der Waals surface area contributed by atoms with Crippen LogP contribution in [0.25, 0.3) is 0 Å². The van der Waals surface area contributed by atoms with E-state index in [1.54, 1.807) is 0 Å². The average Bonchev–Trinajstić information content (AvgIpc) is 3.38. The first kappa shape index (κ1) is 27.9. The molecule has 2 aromatic rings. The molecular formula is C30H34N4O5S. The molecule has 9 nitrogen and oxygen atoms in total. The number of fused-ring (bicyclic) bond motifs is 1. The summed E-state index contributed by atoms with van der Waals surface area (Å²) in [6.45, 7) is 6.53. The number of ether oxygens (including phenoxy) is 3.